The van der Waals surface area contributed by atoms with Crippen LogP contribution < -0.4 is 10.1 Å². The van der Waals surface area contributed by atoms with Gasteiger partial charge in [0, 0.05) is 69.2 Å². The number of aromatic nitrogens is 4. The molecular formula is C28H30F2N8O2. The third-order valence-electron chi connectivity index (χ3n) is 7.35. The zero-order valence-corrected chi connectivity index (χ0v) is 22.4. The smallest absolute Gasteiger partial charge is 0.263 e. The van der Waals surface area contributed by atoms with Crippen LogP contribution in [0.4, 0.5) is 20.4 Å². The van der Waals surface area contributed by atoms with Gasteiger partial charge in [-0.2, -0.15) is 0 Å². The quantitative estimate of drug-likeness (QED) is 0.357. The summed E-state index contributed by atoms with van der Waals surface area (Å²) < 4.78 is 35.8. The lowest BCUT2D eigenvalue weighted by molar-refractivity contribution is 0.0649. The van der Waals surface area contributed by atoms with Crippen LogP contribution in [0, 0.1) is 18.6 Å². The molecule has 2 N–H and O–H groups in total. The number of fused-ring (bicyclic) bond motifs is 1. The molecule has 6 rings (SSSR count). The summed E-state index contributed by atoms with van der Waals surface area (Å²) in [4.78, 5) is 35.5. The lowest BCUT2D eigenvalue weighted by atomic mass is 10.1. The minimum absolute atomic E-state index is 0.0238. The van der Waals surface area contributed by atoms with Crippen molar-refractivity contribution in [3.8, 4) is 11.6 Å². The van der Waals surface area contributed by atoms with E-state index in [1.54, 1.807) is 18.0 Å². The molecule has 0 saturated carbocycles. The van der Waals surface area contributed by atoms with Crippen molar-refractivity contribution < 1.29 is 18.3 Å². The average Bonchev–Trinajstić information content (AvgIpc) is 3.31. The number of ether oxygens (including phenoxy) is 1. The maximum atomic E-state index is 15.3. The van der Waals surface area contributed by atoms with Crippen LogP contribution in [-0.4, -0.2) is 86.9 Å². The van der Waals surface area contributed by atoms with E-state index in [0.29, 0.717) is 24.6 Å². The number of H-pyrrole nitrogens is 1. The van der Waals surface area contributed by atoms with Crippen molar-refractivity contribution in [3.63, 3.8) is 0 Å². The Balaban J connectivity index is 1.28. The number of rotatable bonds is 7. The van der Waals surface area contributed by atoms with Crippen molar-refractivity contribution in [3.05, 3.63) is 65.2 Å². The first kappa shape index (κ1) is 26.1. The molecule has 2 aliphatic heterocycles. The van der Waals surface area contributed by atoms with E-state index in [4.69, 9.17) is 4.74 Å². The highest BCUT2D eigenvalue weighted by Crippen LogP contribution is 2.35. The van der Waals surface area contributed by atoms with Crippen LogP contribution in [-0.2, 0) is 6.54 Å². The van der Waals surface area contributed by atoms with E-state index >= 15 is 4.39 Å². The van der Waals surface area contributed by atoms with Crippen LogP contribution in [0.2, 0.25) is 0 Å². The second kappa shape index (κ2) is 10.8. The Hall–Kier alpha value is -4.16. The number of aryl methyl sites for hydroxylation is 1. The molecule has 40 heavy (non-hydrogen) atoms. The van der Waals surface area contributed by atoms with Crippen molar-refractivity contribution in [2.75, 3.05) is 51.6 Å². The Morgan fingerprint density at radius 1 is 1.07 bits per heavy atom. The summed E-state index contributed by atoms with van der Waals surface area (Å²) in [6.07, 6.45) is 3.88. The summed E-state index contributed by atoms with van der Waals surface area (Å²) in [5.41, 5.74) is 1.75. The zero-order chi connectivity index (χ0) is 27.8. The fourth-order valence-corrected chi connectivity index (χ4v) is 4.90. The van der Waals surface area contributed by atoms with Crippen LogP contribution in [0.25, 0.3) is 10.9 Å². The van der Waals surface area contributed by atoms with Crippen LogP contribution >= 0.6 is 0 Å². The van der Waals surface area contributed by atoms with Gasteiger partial charge in [0.25, 0.3) is 5.91 Å². The lowest BCUT2D eigenvalue weighted by Crippen LogP contribution is -2.43. The van der Waals surface area contributed by atoms with Gasteiger partial charge in [-0.25, -0.2) is 23.7 Å². The third kappa shape index (κ3) is 5.19. The summed E-state index contributed by atoms with van der Waals surface area (Å²) in [5, 5.41) is 3.15. The van der Waals surface area contributed by atoms with Crippen molar-refractivity contribution >= 4 is 28.4 Å². The number of anilines is 2. The molecule has 5 heterocycles. The number of likely N-dealkylation sites (tertiary alicyclic amines) is 1. The third-order valence-corrected chi connectivity index (χ3v) is 7.35. The topological polar surface area (TPSA) is 103 Å². The summed E-state index contributed by atoms with van der Waals surface area (Å²) in [5.74, 6) is -1.71. The number of piperazine rings is 1. The first-order valence-electron chi connectivity index (χ1n) is 13.3. The fourth-order valence-electron chi connectivity index (χ4n) is 4.90. The molecule has 0 unspecified atom stereocenters. The number of nitrogens with one attached hydrogen (secondary N) is 2. The second-order valence-electron chi connectivity index (χ2n) is 10.3. The Morgan fingerprint density at radius 3 is 2.58 bits per heavy atom. The van der Waals surface area contributed by atoms with Crippen molar-refractivity contribution in [1.29, 1.82) is 0 Å². The van der Waals surface area contributed by atoms with Crippen molar-refractivity contribution in [2.24, 2.45) is 0 Å². The van der Waals surface area contributed by atoms with Gasteiger partial charge in [0.05, 0.1) is 5.52 Å². The number of carbonyl (C=O) groups is 1. The van der Waals surface area contributed by atoms with Gasteiger partial charge in [0.2, 0.25) is 5.88 Å². The Kier molecular flexibility index (Phi) is 7.03. The maximum absolute atomic E-state index is 15.3. The van der Waals surface area contributed by atoms with Gasteiger partial charge in [-0.1, -0.05) is 6.07 Å². The number of likely N-dealkylation sites (N-methyl/N-ethyl adjacent to an activating group) is 1. The zero-order valence-electron chi connectivity index (χ0n) is 22.4. The SMILES string of the molecule is Cc1cc2c(F)c(Oc3ncnc(Nc4ccc(CN5CCN(C)CC5)cn4)c3C(=O)N3CCC3)cc(F)c2[nH]1. The van der Waals surface area contributed by atoms with E-state index in [0.717, 1.165) is 50.8 Å². The molecule has 2 aliphatic rings. The molecule has 1 amide bonds. The number of hydrogen-bond donors (Lipinski definition) is 2. The molecule has 0 spiro atoms. The van der Waals surface area contributed by atoms with Crippen molar-refractivity contribution in [1.82, 2.24) is 34.6 Å². The van der Waals surface area contributed by atoms with Gasteiger partial charge >= 0.3 is 0 Å². The highest BCUT2D eigenvalue weighted by atomic mass is 19.1. The van der Waals surface area contributed by atoms with E-state index in [-0.39, 0.29) is 39.8 Å². The number of carbonyl (C=O) groups excluding carboxylic acids is 1. The van der Waals surface area contributed by atoms with Gasteiger partial charge in [-0.3, -0.25) is 9.69 Å². The maximum Gasteiger partial charge on any atom is 0.263 e. The standard InChI is InChI=1S/C28H30F2N8O2/c1-17-12-19-24(30)21(13-20(29)25(19)34-17)40-27-23(28(39)38-6-3-7-38)26(32-16-33-27)35-22-5-4-18(14-31-22)15-37-10-8-36(2)9-11-37/h4-5,12-14,16,34H,3,6-11,15H2,1-2H3,(H,31,32,33,35). The van der Waals surface area contributed by atoms with Crippen LogP contribution in [0.3, 0.4) is 0 Å². The fraction of sp³-hybridized carbons (Fsp3) is 0.357. The minimum atomic E-state index is -0.756. The first-order valence-corrected chi connectivity index (χ1v) is 13.3. The molecule has 0 radical (unpaired) electrons. The van der Waals surface area contributed by atoms with E-state index in [9.17, 15) is 9.18 Å². The van der Waals surface area contributed by atoms with Crippen molar-refractivity contribution in [2.45, 2.75) is 19.9 Å². The number of benzene rings is 1. The number of nitrogens with zero attached hydrogens (tertiary/aromatic N) is 6. The number of hydrogen-bond acceptors (Lipinski definition) is 8. The van der Waals surface area contributed by atoms with E-state index < -0.39 is 11.6 Å². The molecular weight excluding hydrogens is 518 g/mol. The number of halogens is 2. The Morgan fingerprint density at radius 2 is 1.88 bits per heavy atom. The summed E-state index contributed by atoms with van der Waals surface area (Å²) in [6.45, 7) is 7.74. The number of pyridine rings is 1. The van der Waals surface area contributed by atoms with Gasteiger partial charge in [0.1, 0.15) is 17.7 Å². The average molecular weight is 549 g/mol. The Labute approximate surface area is 230 Å². The number of amides is 1. The van der Waals surface area contributed by atoms with Gasteiger partial charge in [-0.05, 0) is 38.1 Å². The molecule has 4 aromatic rings. The summed E-state index contributed by atoms with van der Waals surface area (Å²) in [7, 11) is 2.13. The predicted molar refractivity (Wildman–Crippen MR) is 146 cm³/mol. The second-order valence-corrected chi connectivity index (χ2v) is 10.3. The molecule has 12 heteroatoms. The molecule has 0 atom stereocenters. The highest BCUT2D eigenvalue weighted by Gasteiger charge is 2.30. The van der Waals surface area contributed by atoms with Crippen LogP contribution in [0.5, 0.6) is 11.6 Å². The van der Waals surface area contributed by atoms with Gasteiger partial charge < -0.3 is 24.8 Å². The van der Waals surface area contributed by atoms with Crippen LogP contribution in [0.1, 0.15) is 28.0 Å². The summed E-state index contributed by atoms with van der Waals surface area (Å²) >= 11 is 0. The molecule has 1 aromatic carbocycles. The molecule has 208 valence electrons. The first-order chi connectivity index (χ1) is 19.4. The molecule has 0 bridgehead atoms. The predicted octanol–water partition coefficient (Wildman–Crippen LogP) is 4.07. The Bertz CT molecular complexity index is 1550. The summed E-state index contributed by atoms with van der Waals surface area (Å²) in [6, 6.07) is 6.25. The molecule has 2 saturated heterocycles. The number of aromatic amines is 1. The lowest BCUT2D eigenvalue weighted by Gasteiger charge is -2.32. The minimum Gasteiger partial charge on any atom is -0.435 e. The van der Waals surface area contributed by atoms with Gasteiger partial charge in [0.15, 0.2) is 23.2 Å². The molecule has 3 aromatic heterocycles. The molecule has 0 aliphatic carbocycles. The van der Waals surface area contributed by atoms with E-state index in [2.05, 4.69) is 42.1 Å². The van der Waals surface area contributed by atoms with Crippen LogP contribution in [0.15, 0.2) is 36.8 Å². The van der Waals surface area contributed by atoms with Gasteiger partial charge in [-0.15, -0.1) is 0 Å². The highest BCUT2D eigenvalue weighted by molar-refractivity contribution is 6.02. The largest absolute Gasteiger partial charge is 0.435 e. The van der Waals surface area contributed by atoms with E-state index in [1.165, 1.54) is 12.4 Å². The van der Waals surface area contributed by atoms with E-state index in [1.807, 2.05) is 12.1 Å². The monoisotopic (exact) mass is 548 g/mol. The molecule has 10 nitrogen and oxygen atoms in total. The normalized spacial score (nSPS) is 16.2. The molecule has 2 fully saturated rings.